The maximum absolute atomic E-state index is 12.5. The molecule has 1 aromatic carbocycles. The molecule has 0 unspecified atom stereocenters. The monoisotopic (exact) mass is 334 g/mol. The van der Waals surface area contributed by atoms with Gasteiger partial charge in [-0.15, -0.1) is 12.4 Å². The lowest BCUT2D eigenvalue weighted by atomic mass is 9.95. The molecule has 122 valence electrons. The van der Waals surface area contributed by atoms with E-state index >= 15 is 0 Å². The summed E-state index contributed by atoms with van der Waals surface area (Å²) in [4.78, 5) is 28.1. The van der Waals surface area contributed by atoms with Gasteiger partial charge in [0.1, 0.15) is 5.69 Å². The number of hydrogen-bond acceptors (Lipinski definition) is 3. The first kappa shape index (κ1) is 17.1. The van der Waals surface area contributed by atoms with Gasteiger partial charge in [-0.2, -0.15) is 0 Å². The minimum Gasteiger partial charge on any atom is -0.366 e. The maximum atomic E-state index is 12.5. The van der Waals surface area contributed by atoms with E-state index in [2.05, 4.69) is 4.98 Å². The predicted molar refractivity (Wildman–Crippen MR) is 89.6 cm³/mol. The number of amides is 2. The van der Waals surface area contributed by atoms with Crippen LogP contribution in [0.3, 0.4) is 0 Å². The van der Waals surface area contributed by atoms with E-state index in [0.29, 0.717) is 24.3 Å². The van der Waals surface area contributed by atoms with E-state index in [1.54, 1.807) is 4.90 Å². The number of carbonyl (C=O) groups is 2. The second-order valence-corrected chi connectivity index (χ2v) is 5.56. The first-order chi connectivity index (χ1) is 10.6. The molecule has 0 bridgehead atoms. The van der Waals surface area contributed by atoms with Crippen LogP contribution in [0.15, 0.2) is 42.6 Å². The van der Waals surface area contributed by atoms with Crippen LogP contribution in [-0.2, 0) is 0 Å². The van der Waals surface area contributed by atoms with Crippen LogP contribution in [0.5, 0.6) is 0 Å². The summed E-state index contributed by atoms with van der Waals surface area (Å²) in [6.07, 6.45) is 1.44. The van der Waals surface area contributed by atoms with E-state index in [1.807, 2.05) is 30.3 Å². The molecule has 2 heterocycles. The van der Waals surface area contributed by atoms with Crippen molar-refractivity contribution in [2.45, 2.75) is 12.0 Å². The summed E-state index contributed by atoms with van der Waals surface area (Å²) < 4.78 is 0. The minimum atomic E-state index is -0.560. The molecule has 0 aliphatic carbocycles. The Balaban J connectivity index is 0.00000192. The third-order valence-electron chi connectivity index (χ3n) is 4.08. The maximum Gasteiger partial charge on any atom is 0.270 e. The Bertz CT molecular complexity index is 701. The number of carbonyl (C=O) groups excluding carboxylic acids is 2. The fraction of sp³-hybridized carbons (Fsp3) is 0.250. The Labute approximate surface area is 140 Å². The summed E-state index contributed by atoms with van der Waals surface area (Å²) in [5.74, 6) is -0.604. The van der Waals surface area contributed by atoms with Crippen LogP contribution >= 0.6 is 12.4 Å². The average Bonchev–Trinajstić information content (AvgIpc) is 3.14. The van der Waals surface area contributed by atoms with Gasteiger partial charge in [0.2, 0.25) is 5.91 Å². The van der Waals surface area contributed by atoms with Crippen LogP contribution in [0.2, 0.25) is 0 Å². The predicted octanol–water partition coefficient (Wildman–Crippen LogP) is 1.10. The molecule has 1 aliphatic heterocycles. The second kappa shape index (κ2) is 6.85. The number of nitrogens with two attached hydrogens (primary N) is 2. The third kappa shape index (κ3) is 3.38. The van der Waals surface area contributed by atoms with Gasteiger partial charge in [0, 0.05) is 31.2 Å². The molecule has 0 radical (unpaired) electrons. The van der Waals surface area contributed by atoms with E-state index in [4.69, 9.17) is 11.5 Å². The lowest BCUT2D eigenvalue weighted by Gasteiger charge is -2.15. The van der Waals surface area contributed by atoms with Gasteiger partial charge < -0.3 is 21.4 Å². The number of likely N-dealkylation sites (tertiary alicyclic amines) is 1. The lowest BCUT2D eigenvalue weighted by molar-refractivity contribution is 0.0784. The normalized spacial score (nSPS) is 20.1. The number of nitrogens with one attached hydrogen (secondary N) is 1. The minimum absolute atomic E-state index is 0. The summed E-state index contributed by atoms with van der Waals surface area (Å²) in [5.41, 5.74) is 13.2. The van der Waals surface area contributed by atoms with E-state index in [0.717, 1.165) is 5.56 Å². The summed E-state index contributed by atoms with van der Waals surface area (Å²) in [6.45, 7) is 1.05. The molecule has 7 heteroatoms. The van der Waals surface area contributed by atoms with Crippen LogP contribution in [0.4, 0.5) is 0 Å². The molecule has 23 heavy (non-hydrogen) atoms. The molecule has 0 saturated carbocycles. The lowest BCUT2D eigenvalue weighted by Crippen LogP contribution is -2.32. The van der Waals surface area contributed by atoms with Crippen LogP contribution in [-0.4, -0.2) is 40.8 Å². The van der Waals surface area contributed by atoms with Crippen molar-refractivity contribution in [1.29, 1.82) is 0 Å². The molecule has 1 aliphatic rings. The van der Waals surface area contributed by atoms with Crippen LogP contribution < -0.4 is 11.5 Å². The highest BCUT2D eigenvalue weighted by Crippen LogP contribution is 2.27. The molecule has 6 nitrogen and oxygen atoms in total. The fourth-order valence-corrected chi connectivity index (χ4v) is 2.88. The summed E-state index contributed by atoms with van der Waals surface area (Å²) >= 11 is 0. The molecular formula is C16H19ClN4O2. The van der Waals surface area contributed by atoms with Crippen LogP contribution in [0.25, 0.3) is 0 Å². The molecule has 3 rings (SSSR count). The van der Waals surface area contributed by atoms with Gasteiger partial charge in [-0.25, -0.2) is 0 Å². The van der Waals surface area contributed by atoms with E-state index in [9.17, 15) is 9.59 Å². The zero-order valence-electron chi connectivity index (χ0n) is 12.4. The molecule has 1 fully saturated rings. The Hall–Kier alpha value is -2.31. The zero-order chi connectivity index (χ0) is 15.7. The highest BCUT2D eigenvalue weighted by molar-refractivity contribution is 5.98. The molecule has 0 spiro atoms. The topological polar surface area (TPSA) is 105 Å². The van der Waals surface area contributed by atoms with Crippen molar-refractivity contribution in [3.8, 4) is 0 Å². The highest BCUT2D eigenvalue weighted by atomic mass is 35.5. The Morgan fingerprint density at radius 3 is 2.48 bits per heavy atom. The molecule has 2 amide bonds. The van der Waals surface area contributed by atoms with Gasteiger partial charge in [-0.3, -0.25) is 9.59 Å². The average molecular weight is 335 g/mol. The van der Waals surface area contributed by atoms with Crippen LogP contribution in [0, 0.1) is 0 Å². The quantitative estimate of drug-likeness (QED) is 0.782. The first-order valence-corrected chi connectivity index (χ1v) is 7.14. The third-order valence-corrected chi connectivity index (χ3v) is 4.08. The smallest absolute Gasteiger partial charge is 0.270 e. The standard InChI is InChI=1S/C16H18N4O2.ClH/c17-13-9-20(8-12(13)10-4-2-1-3-5-10)16(22)14-6-11(7-19-14)15(18)21;/h1-7,12-13,19H,8-9,17H2,(H2,18,21);1H/t12-,13+;/m0./s1. The number of aromatic nitrogens is 1. The number of nitrogens with zero attached hydrogens (tertiary/aromatic N) is 1. The van der Waals surface area contributed by atoms with Crippen molar-refractivity contribution < 1.29 is 9.59 Å². The molecule has 2 aromatic rings. The summed E-state index contributed by atoms with van der Waals surface area (Å²) in [7, 11) is 0. The van der Waals surface area contributed by atoms with Gasteiger partial charge >= 0.3 is 0 Å². The molecule has 5 N–H and O–H groups in total. The summed E-state index contributed by atoms with van der Waals surface area (Å²) in [6, 6.07) is 11.3. The van der Waals surface area contributed by atoms with Crippen molar-refractivity contribution >= 4 is 24.2 Å². The van der Waals surface area contributed by atoms with Gasteiger partial charge in [-0.1, -0.05) is 30.3 Å². The van der Waals surface area contributed by atoms with Gasteiger partial charge in [0.25, 0.3) is 5.91 Å². The van der Waals surface area contributed by atoms with Gasteiger partial charge in [0.15, 0.2) is 0 Å². The van der Waals surface area contributed by atoms with Crippen molar-refractivity contribution in [2.24, 2.45) is 11.5 Å². The van der Waals surface area contributed by atoms with Crippen molar-refractivity contribution in [3.05, 3.63) is 59.4 Å². The Kier molecular flexibility index (Phi) is 5.08. The summed E-state index contributed by atoms with van der Waals surface area (Å²) in [5, 5.41) is 0. The van der Waals surface area contributed by atoms with Crippen molar-refractivity contribution in [1.82, 2.24) is 9.88 Å². The molecule has 1 saturated heterocycles. The molecular weight excluding hydrogens is 316 g/mol. The van der Waals surface area contributed by atoms with Crippen molar-refractivity contribution in [3.63, 3.8) is 0 Å². The number of aromatic amines is 1. The number of halogens is 1. The zero-order valence-corrected chi connectivity index (χ0v) is 13.3. The van der Waals surface area contributed by atoms with Gasteiger partial charge in [0.05, 0.1) is 5.56 Å². The number of benzene rings is 1. The first-order valence-electron chi connectivity index (χ1n) is 7.14. The van der Waals surface area contributed by atoms with E-state index < -0.39 is 5.91 Å². The van der Waals surface area contributed by atoms with Gasteiger partial charge in [-0.05, 0) is 11.6 Å². The Morgan fingerprint density at radius 1 is 1.17 bits per heavy atom. The molecule has 2 atom stereocenters. The largest absolute Gasteiger partial charge is 0.366 e. The number of rotatable bonds is 3. The van der Waals surface area contributed by atoms with E-state index in [-0.39, 0.29) is 30.3 Å². The SMILES string of the molecule is Cl.NC(=O)c1c[nH]c(C(=O)N2C[C@@H](N)[C@H](c3ccccc3)C2)c1. The number of hydrogen-bond donors (Lipinski definition) is 3. The van der Waals surface area contributed by atoms with Crippen molar-refractivity contribution in [2.75, 3.05) is 13.1 Å². The number of H-pyrrole nitrogens is 1. The number of primary amides is 1. The highest BCUT2D eigenvalue weighted by Gasteiger charge is 2.34. The Morgan fingerprint density at radius 2 is 1.87 bits per heavy atom. The second-order valence-electron chi connectivity index (χ2n) is 5.56. The van der Waals surface area contributed by atoms with Crippen LogP contribution in [0.1, 0.15) is 32.3 Å². The fourth-order valence-electron chi connectivity index (χ4n) is 2.88. The van der Waals surface area contributed by atoms with E-state index in [1.165, 1.54) is 12.3 Å². The molecule has 1 aromatic heterocycles.